The lowest BCUT2D eigenvalue weighted by Gasteiger charge is -2.46. The Morgan fingerprint density at radius 3 is 2.24 bits per heavy atom. The number of hydrogen-bond acceptors (Lipinski definition) is 7. The van der Waals surface area contributed by atoms with Crippen molar-refractivity contribution in [1.29, 1.82) is 0 Å². The van der Waals surface area contributed by atoms with Crippen LogP contribution in [0.15, 0.2) is 0 Å². The van der Waals surface area contributed by atoms with Crippen molar-refractivity contribution in [3.63, 3.8) is 0 Å². The van der Waals surface area contributed by atoms with E-state index >= 15 is 0 Å². The maximum Gasteiger partial charge on any atom is 0.311 e. The molecule has 29 heavy (non-hydrogen) atoms. The predicted molar refractivity (Wildman–Crippen MR) is 111 cm³/mol. The SMILES string of the molecule is CCCCOCC1OC(O)(CC(=O)OCC)C(OCCCC)CC1OCCCC. The summed E-state index contributed by atoms with van der Waals surface area (Å²) in [5.74, 6) is -2.25. The maximum absolute atomic E-state index is 12.1. The van der Waals surface area contributed by atoms with Gasteiger partial charge in [0.25, 0.3) is 0 Å². The lowest BCUT2D eigenvalue weighted by atomic mass is 9.93. The Morgan fingerprint density at radius 2 is 1.62 bits per heavy atom. The number of hydrogen-bond donors (Lipinski definition) is 1. The van der Waals surface area contributed by atoms with Gasteiger partial charge in [0.1, 0.15) is 18.6 Å². The van der Waals surface area contributed by atoms with Crippen LogP contribution in [0, 0.1) is 0 Å². The van der Waals surface area contributed by atoms with Gasteiger partial charge in [0.05, 0.1) is 19.3 Å². The van der Waals surface area contributed by atoms with Gasteiger partial charge in [-0.25, -0.2) is 0 Å². The van der Waals surface area contributed by atoms with Crippen LogP contribution >= 0.6 is 0 Å². The first-order valence-corrected chi connectivity index (χ1v) is 11.4. The van der Waals surface area contributed by atoms with E-state index in [1.54, 1.807) is 6.92 Å². The maximum atomic E-state index is 12.1. The predicted octanol–water partition coefficient (Wildman–Crippen LogP) is 3.60. The fraction of sp³-hybridized carbons (Fsp3) is 0.955. The molecule has 1 aliphatic heterocycles. The average molecular weight is 419 g/mol. The van der Waals surface area contributed by atoms with Crippen molar-refractivity contribution in [3.8, 4) is 0 Å². The molecular formula is C22H42O7. The number of carbonyl (C=O) groups excluding carboxylic acids is 1. The van der Waals surface area contributed by atoms with Crippen LogP contribution in [-0.4, -0.2) is 68.2 Å². The minimum absolute atomic E-state index is 0.253. The summed E-state index contributed by atoms with van der Waals surface area (Å²) >= 11 is 0. The van der Waals surface area contributed by atoms with Crippen LogP contribution in [0.1, 0.15) is 79.1 Å². The van der Waals surface area contributed by atoms with Gasteiger partial charge in [0.2, 0.25) is 5.79 Å². The third-order valence-corrected chi connectivity index (χ3v) is 4.99. The summed E-state index contributed by atoms with van der Waals surface area (Å²) in [7, 11) is 0. The molecule has 1 saturated heterocycles. The zero-order chi connectivity index (χ0) is 21.5. The van der Waals surface area contributed by atoms with Crippen molar-refractivity contribution >= 4 is 5.97 Å². The summed E-state index contributed by atoms with van der Waals surface area (Å²) in [4.78, 5) is 12.1. The molecule has 0 radical (unpaired) electrons. The van der Waals surface area contributed by atoms with E-state index in [4.69, 9.17) is 23.7 Å². The largest absolute Gasteiger partial charge is 0.466 e. The number of aliphatic hydroxyl groups is 1. The Balaban J connectivity index is 2.88. The number of carbonyl (C=O) groups is 1. The van der Waals surface area contributed by atoms with Crippen LogP contribution in [-0.2, 0) is 28.5 Å². The molecule has 1 rings (SSSR count). The minimum atomic E-state index is -1.75. The first kappa shape index (κ1) is 26.3. The number of ether oxygens (including phenoxy) is 5. The quantitative estimate of drug-likeness (QED) is 0.303. The van der Waals surface area contributed by atoms with Crippen LogP contribution in [0.25, 0.3) is 0 Å². The topological polar surface area (TPSA) is 83.5 Å². The normalized spacial score (nSPS) is 27.1. The molecule has 1 fully saturated rings. The highest BCUT2D eigenvalue weighted by Gasteiger charge is 2.50. The van der Waals surface area contributed by atoms with Crippen molar-refractivity contribution < 1.29 is 33.6 Å². The molecule has 4 atom stereocenters. The second-order valence-electron chi connectivity index (χ2n) is 7.62. The molecule has 7 heteroatoms. The number of rotatable bonds is 16. The van der Waals surface area contributed by atoms with Crippen LogP contribution in [0.2, 0.25) is 0 Å². The van der Waals surface area contributed by atoms with E-state index in [-0.39, 0.29) is 19.1 Å². The summed E-state index contributed by atoms with van der Waals surface area (Å²) < 4.78 is 28.8. The molecule has 172 valence electrons. The summed E-state index contributed by atoms with van der Waals surface area (Å²) in [5.41, 5.74) is 0. The highest BCUT2D eigenvalue weighted by molar-refractivity contribution is 5.70. The molecule has 0 aromatic heterocycles. The first-order chi connectivity index (χ1) is 14.0. The summed E-state index contributed by atoms with van der Waals surface area (Å²) in [5, 5.41) is 11.2. The van der Waals surface area contributed by atoms with Gasteiger partial charge in [-0.15, -0.1) is 0 Å². The van der Waals surface area contributed by atoms with Crippen LogP contribution in [0.5, 0.6) is 0 Å². The van der Waals surface area contributed by atoms with Gasteiger partial charge in [-0.3, -0.25) is 4.79 Å². The lowest BCUT2D eigenvalue weighted by Crippen LogP contribution is -2.60. The van der Waals surface area contributed by atoms with Crippen molar-refractivity contribution in [2.45, 2.75) is 103 Å². The highest BCUT2D eigenvalue weighted by Crippen LogP contribution is 2.34. The van der Waals surface area contributed by atoms with Crippen molar-refractivity contribution in [3.05, 3.63) is 0 Å². The zero-order valence-corrected chi connectivity index (χ0v) is 18.8. The third-order valence-electron chi connectivity index (χ3n) is 4.99. The van der Waals surface area contributed by atoms with Crippen molar-refractivity contribution in [1.82, 2.24) is 0 Å². The van der Waals surface area contributed by atoms with Gasteiger partial charge in [-0.2, -0.15) is 0 Å². The number of unbranched alkanes of at least 4 members (excludes halogenated alkanes) is 3. The minimum Gasteiger partial charge on any atom is -0.466 e. The Kier molecular flexibility index (Phi) is 13.7. The standard InChI is InChI=1S/C22H42O7/c1-5-9-12-25-17-19-18(27-13-10-6-2)15-20(28-14-11-7-3)22(24,29-19)16-21(23)26-8-4/h18-20,24H,5-17H2,1-4H3. The smallest absolute Gasteiger partial charge is 0.311 e. The molecule has 0 aromatic carbocycles. The fourth-order valence-electron chi connectivity index (χ4n) is 3.24. The van der Waals surface area contributed by atoms with Gasteiger partial charge >= 0.3 is 5.97 Å². The van der Waals surface area contributed by atoms with Gasteiger partial charge in [0.15, 0.2) is 0 Å². The van der Waals surface area contributed by atoms with E-state index in [0.29, 0.717) is 32.8 Å². The van der Waals surface area contributed by atoms with E-state index < -0.39 is 24.0 Å². The second-order valence-corrected chi connectivity index (χ2v) is 7.62. The van der Waals surface area contributed by atoms with Gasteiger partial charge < -0.3 is 28.8 Å². The van der Waals surface area contributed by atoms with Gasteiger partial charge in [-0.05, 0) is 26.2 Å². The van der Waals surface area contributed by atoms with E-state index in [2.05, 4.69) is 20.8 Å². The molecule has 4 unspecified atom stereocenters. The molecule has 1 heterocycles. The molecule has 0 bridgehead atoms. The molecule has 0 amide bonds. The molecule has 1 N–H and O–H groups in total. The average Bonchev–Trinajstić information content (AvgIpc) is 2.68. The molecule has 7 nitrogen and oxygen atoms in total. The van der Waals surface area contributed by atoms with Crippen LogP contribution in [0.3, 0.4) is 0 Å². The molecular weight excluding hydrogens is 376 g/mol. The Morgan fingerprint density at radius 1 is 1.00 bits per heavy atom. The Hall–Kier alpha value is -0.730. The van der Waals surface area contributed by atoms with Crippen molar-refractivity contribution in [2.24, 2.45) is 0 Å². The second kappa shape index (κ2) is 15.1. The summed E-state index contributed by atoms with van der Waals surface area (Å²) in [6.07, 6.45) is 4.65. The first-order valence-electron chi connectivity index (χ1n) is 11.4. The highest BCUT2D eigenvalue weighted by atomic mass is 16.7. The summed E-state index contributed by atoms with van der Waals surface area (Å²) in [6, 6.07) is 0. The summed E-state index contributed by atoms with van der Waals surface area (Å²) in [6.45, 7) is 10.3. The van der Waals surface area contributed by atoms with Crippen LogP contribution < -0.4 is 0 Å². The monoisotopic (exact) mass is 418 g/mol. The Labute approximate surface area is 176 Å². The lowest BCUT2D eigenvalue weighted by molar-refractivity contribution is -0.337. The van der Waals surface area contributed by atoms with Gasteiger partial charge in [-0.1, -0.05) is 40.0 Å². The molecule has 0 aliphatic carbocycles. The van der Waals surface area contributed by atoms with E-state index in [1.807, 2.05) is 0 Å². The van der Waals surface area contributed by atoms with Crippen molar-refractivity contribution in [2.75, 3.05) is 33.0 Å². The molecule has 0 spiro atoms. The third kappa shape index (κ3) is 9.75. The number of esters is 1. The van der Waals surface area contributed by atoms with Gasteiger partial charge in [0, 0.05) is 26.2 Å². The molecule has 1 aliphatic rings. The van der Waals surface area contributed by atoms with E-state index in [1.165, 1.54) is 0 Å². The van der Waals surface area contributed by atoms with E-state index in [9.17, 15) is 9.90 Å². The molecule has 0 aromatic rings. The Bertz CT molecular complexity index is 431. The van der Waals surface area contributed by atoms with E-state index in [0.717, 1.165) is 38.5 Å². The molecule has 0 saturated carbocycles. The fourth-order valence-corrected chi connectivity index (χ4v) is 3.24. The van der Waals surface area contributed by atoms with Crippen LogP contribution in [0.4, 0.5) is 0 Å². The zero-order valence-electron chi connectivity index (χ0n) is 18.8.